The molecule has 0 atom stereocenters. The summed E-state index contributed by atoms with van der Waals surface area (Å²) in [5.74, 6) is 0. The molecule has 0 aromatic carbocycles. The van der Waals surface area contributed by atoms with E-state index in [4.69, 9.17) is 15.0 Å². The minimum Gasteiger partial charge on any atom is -0.394 e. The molecule has 0 aliphatic carbocycles. The van der Waals surface area contributed by atoms with Crippen molar-refractivity contribution in [2.75, 3.05) is 13.2 Å². The van der Waals surface area contributed by atoms with Crippen LogP contribution in [-0.2, 0) is 0 Å². The number of amides is 2. The van der Waals surface area contributed by atoms with Crippen LogP contribution in [-0.4, -0.2) is 29.5 Å². The highest BCUT2D eigenvalue weighted by atomic mass is 35.5. The van der Waals surface area contributed by atoms with Gasteiger partial charge in [-0.25, -0.2) is 4.79 Å². The lowest BCUT2D eigenvalue weighted by atomic mass is 10.8. The zero-order chi connectivity index (χ0) is 6.99. The van der Waals surface area contributed by atoms with E-state index in [0.29, 0.717) is 0 Å². The molecule has 0 fully saturated rings. The number of rotatable bonds is 1. The summed E-state index contributed by atoms with van der Waals surface area (Å²) in [6.45, 7) is -0.250. The highest BCUT2D eigenvalue weighted by Crippen LogP contribution is 1.39. The summed E-state index contributed by atoms with van der Waals surface area (Å²) < 4.78 is 0. The second-order valence-corrected chi connectivity index (χ2v) is 0.850. The van der Waals surface area contributed by atoms with E-state index in [9.17, 15) is 0 Å². The van der Waals surface area contributed by atoms with Gasteiger partial charge in [-0.2, -0.15) is 0 Å². The third-order valence-electron chi connectivity index (χ3n) is 0.1000. The van der Waals surface area contributed by atoms with Crippen molar-refractivity contribution in [2.24, 2.45) is 11.5 Å². The second-order valence-electron chi connectivity index (χ2n) is 0.850. The Bertz CT molecular complexity index is 55.0. The molecule has 0 rings (SSSR count). The lowest BCUT2D eigenvalue weighted by Crippen LogP contribution is -2.18. The van der Waals surface area contributed by atoms with Crippen LogP contribution in [0.4, 0.5) is 4.79 Å². The summed E-state index contributed by atoms with van der Waals surface area (Å²) >= 11 is 0. The smallest absolute Gasteiger partial charge is 0.309 e. The maximum absolute atomic E-state index is 9.00. The maximum atomic E-state index is 9.00. The van der Waals surface area contributed by atoms with Gasteiger partial charge in [0, 0.05) is 0 Å². The van der Waals surface area contributed by atoms with Gasteiger partial charge in [-0.3, -0.25) is 0 Å². The van der Waals surface area contributed by atoms with Crippen LogP contribution >= 0.6 is 12.4 Å². The lowest BCUT2D eigenvalue weighted by Gasteiger charge is -1.70. The molecule has 0 aliphatic rings. The number of hydrogen-bond acceptors (Lipinski definition) is 3. The number of hydrogen-bond donors (Lipinski definition) is 4. The minimum absolute atomic E-state index is 0. The van der Waals surface area contributed by atoms with Gasteiger partial charge in [-0.05, 0) is 0 Å². The Morgan fingerprint density at radius 3 is 1.33 bits per heavy atom. The summed E-state index contributed by atoms with van der Waals surface area (Å²) in [4.78, 5) is 9.00. The van der Waals surface area contributed by atoms with Crippen LogP contribution in [0, 0.1) is 0 Å². The maximum Gasteiger partial charge on any atom is 0.309 e. The Labute approximate surface area is 59.1 Å². The van der Waals surface area contributed by atoms with E-state index >= 15 is 0 Å². The number of halogens is 1. The zero-order valence-electron chi connectivity index (χ0n) is 4.78. The van der Waals surface area contributed by atoms with Crippen molar-refractivity contribution in [3.63, 3.8) is 0 Å². The SMILES string of the molecule is Cl.NC(N)=O.OCCO. The molecule has 5 nitrogen and oxygen atoms in total. The van der Waals surface area contributed by atoms with Crippen LogP contribution in [0.2, 0.25) is 0 Å². The first-order valence-corrected chi connectivity index (χ1v) is 1.91. The number of aliphatic hydroxyl groups excluding tert-OH is 2. The number of carbonyl (C=O) groups excluding carboxylic acids is 1. The zero-order valence-corrected chi connectivity index (χ0v) is 5.60. The second kappa shape index (κ2) is 15.6. The van der Waals surface area contributed by atoms with Crippen molar-refractivity contribution >= 4 is 18.4 Å². The molecule has 0 unspecified atom stereocenters. The Balaban J connectivity index is -0.0000000720. The Morgan fingerprint density at radius 1 is 1.22 bits per heavy atom. The molecule has 0 aliphatic heterocycles. The fourth-order valence-corrected chi connectivity index (χ4v) is 0. The number of carbonyl (C=O) groups is 1. The molecule has 0 aromatic rings. The van der Waals surface area contributed by atoms with E-state index in [1.54, 1.807) is 0 Å². The van der Waals surface area contributed by atoms with Crippen molar-refractivity contribution < 1.29 is 15.0 Å². The first-order valence-electron chi connectivity index (χ1n) is 1.91. The molecule has 0 aromatic heterocycles. The van der Waals surface area contributed by atoms with Gasteiger partial charge in [0.25, 0.3) is 0 Å². The molecule has 9 heavy (non-hydrogen) atoms. The summed E-state index contributed by atoms with van der Waals surface area (Å²) in [5, 5.41) is 15.2. The Kier molecular flexibility index (Phi) is 27.5. The monoisotopic (exact) mass is 158 g/mol. The van der Waals surface area contributed by atoms with Crippen molar-refractivity contribution in [1.29, 1.82) is 0 Å². The minimum atomic E-state index is -0.833. The molecule has 0 spiro atoms. The molecule has 58 valence electrons. The summed E-state index contributed by atoms with van der Waals surface area (Å²) in [7, 11) is 0. The Morgan fingerprint density at radius 2 is 1.33 bits per heavy atom. The van der Waals surface area contributed by atoms with Crippen LogP contribution in [0.15, 0.2) is 0 Å². The first kappa shape index (κ1) is 15.8. The van der Waals surface area contributed by atoms with Crippen LogP contribution in [0.1, 0.15) is 0 Å². The van der Waals surface area contributed by atoms with Gasteiger partial charge < -0.3 is 21.7 Å². The van der Waals surface area contributed by atoms with Crippen LogP contribution < -0.4 is 11.5 Å². The summed E-state index contributed by atoms with van der Waals surface area (Å²) in [6, 6.07) is -0.833. The van der Waals surface area contributed by atoms with Gasteiger partial charge in [0.2, 0.25) is 0 Å². The largest absolute Gasteiger partial charge is 0.394 e. The van der Waals surface area contributed by atoms with Gasteiger partial charge in [-0.1, -0.05) is 0 Å². The standard InChI is InChI=1S/C2H6O2.CH4N2O.ClH/c3-1-2-4;2-1(3)4;/h3-4H,1-2H2;(H4,2,3,4);1H. The van der Waals surface area contributed by atoms with Crippen LogP contribution in [0.25, 0.3) is 0 Å². The van der Waals surface area contributed by atoms with Gasteiger partial charge in [0.05, 0.1) is 13.2 Å². The third-order valence-corrected chi connectivity index (χ3v) is 0.1000. The quantitative estimate of drug-likeness (QED) is 0.370. The van der Waals surface area contributed by atoms with Crippen molar-refractivity contribution in [2.45, 2.75) is 0 Å². The molecule has 6 heteroatoms. The third kappa shape index (κ3) is 975. The fraction of sp³-hybridized carbons (Fsp3) is 0.667. The number of urea groups is 1. The Hall–Kier alpha value is -0.520. The molecule has 2 amide bonds. The number of nitrogens with two attached hydrogens (primary N) is 2. The predicted molar refractivity (Wildman–Crippen MR) is 35.2 cm³/mol. The van der Waals surface area contributed by atoms with Crippen molar-refractivity contribution in [3.8, 4) is 0 Å². The van der Waals surface area contributed by atoms with E-state index in [1.807, 2.05) is 0 Å². The molecular formula is C3H11ClN2O3. The molecule has 0 radical (unpaired) electrons. The van der Waals surface area contributed by atoms with Crippen molar-refractivity contribution in [1.82, 2.24) is 0 Å². The molecule has 0 saturated carbocycles. The molecule has 0 heterocycles. The first-order chi connectivity index (χ1) is 3.65. The van der Waals surface area contributed by atoms with Crippen LogP contribution in [0.5, 0.6) is 0 Å². The van der Waals surface area contributed by atoms with E-state index in [-0.39, 0.29) is 25.6 Å². The highest BCUT2D eigenvalue weighted by Gasteiger charge is 1.60. The predicted octanol–water partition coefficient (Wildman–Crippen LogP) is -1.58. The van der Waals surface area contributed by atoms with E-state index in [1.165, 1.54) is 0 Å². The molecule has 0 saturated heterocycles. The van der Waals surface area contributed by atoms with Gasteiger partial charge in [0.1, 0.15) is 0 Å². The average Bonchev–Trinajstić information content (AvgIpc) is 1.65. The average molecular weight is 159 g/mol. The van der Waals surface area contributed by atoms with Crippen molar-refractivity contribution in [3.05, 3.63) is 0 Å². The highest BCUT2D eigenvalue weighted by molar-refractivity contribution is 5.85. The van der Waals surface area contributed by atoms with Crippen LogP contribution in [0.3, 0.4) is 0 Å². The molecule has 6 N–H and O–H groups in total. The topological polar surface area (TPSA) is 110 Å². The van der Waals surface area contributed by atoms with E-state index < -0.39 is 6.03 Å². The lowest BCUT2D eigenvalue weighted by molar-refractivity contribution is 0.186. The van der Waals surface area contributed by atoms with Gasteiger partial charge in [-0.15, -0.1) is 12.4 Å². The van der Waals surface area contributed by atoms with Gasteiger partial charge >= 0.3 is 6.03 Å². The summed E-state index contributed by atoms with van der Waals surface area (Å²) in [6.07, 6.45) is 0. The van der Waals surface area contributed by atoms with E-state index in [0.717, 1.165) is 0 Å². The number of aliphatic hydroxyl groups is 2. The normalized spacial score (nSPS) is 6.00. The van der Waals surface area contributed by atoms with E-state index in [2.05, 4.69) is 11.5 Å². The fourth-order valence-electron chi connectivity index (χ4n) is 0. The summed E-state index contributed by atoms with van der Waals surface area (Å²) in [5.41, 5.74) is 8.50. The number of primary amides is 2. The van der Waals surface area contributed by atoms with Gasteiger partial charge in [0.15, 0.2) is 0 Å². The molecular weight excluding hydrogens is 147 g/mol. The molecule has 0 bridgehead atoms.